The van der Waals surface area contributed by atoms with Gasteiger partial charge in [-0.3, -0.25) is 0 Å². The average Bonchev–Trinajstić information content (AvgIpc) is 2.40. The van der Waals surface area contributed by atoms with E-state index in [1.807, 2.05) is 16.9 Å². The molecule has 0 aliphatic heterocycles. The first-order valence-corrected chi connectivity index (χ1v) is 7.26. The first-order valence-electron chi connectivity index (χ1n) is 5.50. The Hall–Kier alpha value is -1.27. The molecule has 0 aromatic carbocycles. The molecule has 2 radical (unpaired) electrons. The molecule has 0 atom stereocenters. The second-order valence-electron chi connectivity index (χ2n) is 4.00. The maximum absolute atomic E-state index is 13.4. The van der Waals surface area contributed by atoms with Crippen molar-refractivity contribution in [2.24, 2.45) is 7.05 Å². The molecule has 0 aliphatic rings. The van der Waals surface area contributed by atoms with Gasteiger partial charge in [0.05, 0.1) is 0 Å². The Balaban J connectivity index is 2.55. The minimum absolute atomic E-state index is 0.0115. The van der Waals surface area contributed by atoms with E-state index in [1.54, 1.807) is 0 Å². The summed E-state index contributed by atoms with van der Waals surface area (Å²) in [5, 5.41) is 0. The van der Waals surface area contributed by atoms with Gasteiger partial charge in [0.25, 0.3) is 0 Å². The van der Waals surface area contributed by atoms with Gasteiger partial charge in [-0.15, -0.1) is 0 Å². The van der Waals surface area contributed by atoms with Gasteiger partial charge in [0.15, 0.2) is 0 Å². The first-order chi connectivity index (χ1) is 9.71. The quantitative estimate of drug-likeness (QED) is 0.455. The standard InChI is InChI=1S/C12H7AsF4N2OS/c1-19-8(14)5-6(13)9(11(19)20)21-7-3-2-4-18-10(7)12(15,16)17/h2-5H,1H3. The third-order valence-corrected chi connectivity index (χ3v) is 4.78. The zero-order chi connectivity index (χ0) is 15.8. The summed E-state index contributed by atoms with van der Waals surface area (Å²) in [5.74, 6) is -0.762. The van der Waals surface area contributed by atoms with E-state index in [1.165, 1.54) is 19.2 Å². The van der Waals surface area contributed by atoms with E-state index in [9.17, 15) is 22.4 Å². The van der Waals surface area contributed by atoms with E-state index in [4.69, 9.17) is 0 Å². The topological polar surface area (TPSA) is 34.9 Å². The molecular weight excluding hydrogens is 371 g/mol. The SMILES string of the molecule is Cn1c(F)cc([As])c(Sc2cccnc2C(F)(F)F)c1=O. The Bertz CT molecular complexity index is 745. The van der Waals surface area contributed by atoms with Gasteiger partial charge in [0.2, 0.25) is 0 Å². The fraction of sp³-hybridized carbons (Fsp3) is 0.167. The number of aromatic nitrogens is 2. The molecular formula is C12H7AsF4N2OS. The Morgan fingerprint density at radius 3 is 2.67 bits per heavy atom. The molecule has 0 unspecified atom stereocenters. The molecule has 0 N–H and O–H groups in total. The van der Waals surface area contributed by atoms with Crippen LogP contribution < -0.4 is 9.91 Å². The zero-order valence-corrected chi connectivity index (χ0v) is 13.2. The average molecular weight is 378 g/mol. The first kappa shape index (κ1) is 16.1. The predicted octanol–water partition coefficient (Wildman–Crippen LogP) is 1.88. The van der Waals surface area contributed by atoms with Crippen molar-refractivity contribution < 1.29 is 17.6 Å². The van der Waals surface area contributed by atoms with E-state index >= 15 is 0 Å². The third kappa shape index (κ3) is 3.32. The molecule has 2 aromatic heterocycles. The number of pyridine rings is 2. The number of hydrogen-bond acceptors (Lipinski definition) is 3. The molecule has 0 amide bonds. The third-order valence-electron chi connectivity index (χ3n) is 2.56. The molecule has 0 saturated carbocycles. The molecule has 0 fully saturated rings. The number of nitrogens with zero attached hydrogens (tertiary/aromatic N) is 2. The number of hydrogen-bond donors (Lipinski definition) is 0. The van der Waals surface area contributed by atoms with Crippen molar-refractivity contribution in [2.75, 3.05) is 0 Å². The van der Waals surface area contributed by atoms with Gasteiger partial charge in [-0.1, -0.05) is 0 Å². The molecule has 110 valence electrons. The Morgan fingerprint density at radius 2 is 2.05 bits per heavy atom. The normalized spacial score (nSPS) is 11.7. The van der Waals surface area contributed by atoms with Crippen LogP contribution in [0, 0.1) is 5.95 Å². The van der Waals surface area contributed by atoms with Gasteiger partial charge >= 0.3 is 129 Å². The summed E-state index contributed by atoms with van der Waals surface area (Å²) in [6, 6.07) is 3.64. The van der Waals surface area contributed by atoms with E-state index in [0.717, 1.165) is 16.8 Å². The fourth-order valence-corrected chi connectivity index (χ4v) is 3.26. The second-order valence-corrected chi connectivity index (χ2v) is 6.06. The van der Waals surface area contributed by atoms with Gasteiger partial charge < -0.3 is 0 Å². The van der Waals surface area contributed by atoms with Crippen molar-refractivity contribution in [3.05, 3.63) is 46.4 Å². The summed E-state index contributed by atoms with van der Waals surface area (Å²) in [6.45, 7) is 0. The molecule has 2 aromatic rings. The maximum atomic E-state index is 13.4. The summed E-state index contributed by atoms with van der Waals surface area (Å²) in [4.78, 5) is 15.1. The Labute approximate surface area is 129 Å². The van der Waals surface area contributed by atoms with Crippen LogP contribution >= 0.6 is 11.8 Å². The van der Waals surface area contributed by atoms with Crippen molar-refractivity contribution in [1.82, 2.24) is 9.55 Å². The molecule has 9 heteroatoms. The summed E-state index contributed by atoms with van der Waals surface area (Å²) < 4.78 is 52.9. The molecule has 0 aliphatic carbocycles. The van der Waals surface area contributed by atoms with Crippen LogP contribution in [-0.4, -0.2) is 26.4 Å². The second kappa shape index (κ2) is 5.85. The minimum atomic E-state index is -4.63. The van der Waals surface area contributed by atoms with Gasteiger partial charge in [-0.25, -0.2) is 0 Å². The number of alkyl halides is 3. The summed E-state index contributed by atoms with van der Waals surface area (Å²) in [5.41, 5.74) is -1.78. The van der Waals surface area contributed by atoms with Crippen molar-refractivity contribution in [3.8, 4) is 0 Å². The fourth-order valence-electron chi connectivity index (χ4n) is 1.53. The molecule has 0 saturated heterocycles. The summed E-state index contributed by atoms with van der Waals surface area (Å²) >= 11 is 2.59. The molecule has 2 heterocycles. The van der Waals surface area contributed by atoms with Crippen LogP contribution in [0.3, 0.4) is 0 Å². The van der Waals surface area contributed by atoms with Crippen molar-refractivity contribution >= 4 is 33.0 Å². The van der Waals surface area contributed by atoms with Crippen LogP contribution in [0.15, 0.2) is 39.0 Å². The molecule has 0 spiro atoms. The van der Waals surface area contributed by atoms with Crippen molar-refractivity contribution in [3.63, 3.8) is 0 Å². The van der Waals surface area contributed by atoms with Crippen LogP contribution in [0.5, 0.6) is 0 Å². The predicted molar refractivity (Wildman–Crippen MR) is 70.4 cm³/mol. The molecule has 2 rings (SSSR count). The monoisotopic (exact) mass is 378 g/mol. The van der Waals surface area contributed by atoms with Crippen LogP contribution in [0.1, 0.15) is 5.69 Å². The van der Waals surface area contributed by atoms with E-state index in [0.29, 0.717) is 11.8 Å². The van der Waals surface area contributed by atoms with Crippen molar-refractivity contribution in [2.45, 2.75) is 16.0 Å². The Kier molecular flexibility index (Phi) is 4.48. The zero-order valence-electron chi connectivity index (χ0n) is 10.5. The molecule has 21 heavy (non-hydrogen) atoms. The molecule has 0 bridgehead atoms. The number of rotatable bonds is 2. The summed E-state index contributed by atoms with van der Waals surface area (Å²) in [6.07, 6.45) is -3.60. The van der Waals surface area contributed by atoms with E-state index in [2.05, 4.69) is 4.98 Å². The van der Waals surface area contributed by atoms with Crippen LogP contribution in [0.2, 0.25) is 0 Å². The molecule has 3 nitrogen and oxygen atoms in total. The Morgan fingerprint density at radius 1 is 1.38 bits per heavy atom. The van der Waals surface area contributed by atoms with Crippen LogP contribution in [0.25, 0.3) is 0 Å². The van der Waals surface area contributed by atoms with Crippen LogP contribution in [0.4, 0.5) is 17.6 Å². The number of halogens is 4. The summed E-state index contributed by atoms with van der Waals surface area (Å²) in [7, 11) is 1.21. The van der Waals surface area contributed by atoms with Gasteiger partial charge in [0, 0.05) is 0 Å². The van der Waals surface area contributed by atoms with Gasteiger partial charge in [-0.05, 0) is 0 Å². The van der Waals surface area contributed by atoms with Gasteiger partial charge in [-0.2, -0.15) is 0 Å². The van der Waals surface area contributed by atoms with Crippen molar-refractivity contribution in [1.29, 1.82) is 0 Å². The van der Waals surface area contributed by atoms with Gasteiger partial charge in [0.1, 0.15) is 0 Å². The van der Waals surface area contributed by atoms with Crippen LogP contribution in [-0.2, 0) is 13.2 Å². The van der Waals surface area contributed by atoms with E-state index in [-0.39, 0.29) is 14.1 Å². The van der Waals surface area contributed by atoms with E-state index < -0.39 is 23.4 Å².